The number of nitrogens with two attached hydrogens (primary N) is 2. The molecule has 6 heteroatoms. The van der Waals surface area contributed by atoms with Crippen molar-refractivity contribution in [3.63, 3.8) is 0 Å². The molecule has 0 radical (unpaired) electrons. The topological polar surface area (TPSA) is 87.6 Å². The van der Waals surface area contributed by atoms with Gasteiger partial charge in [-0.25, -0.2) is 4.39 Å². The summed E-state index contributed by atoms with van der Waals surface area (Å²) in [6.07, 6.45) is 0. The van der Waals surface area contributed by atoms with E-state index in [2.05, 4.69) is 0 Å². The molecule has 104 valence electrons. The van der Waals surface area contributed by atoms with Crippen LogP contribution < -0.4 is 20.9 Å². The van der Waals surface area contributed by atoms with Gasteiger partial charge in [-0.15, -0.1) is 0 Å². The van der Waals surface area contributed by atoms with E-state index >= 15 is 0 Å². The van der Waals surface area contributed by atoms with Crippen molar-refractivity contribution in [1.29, 1.82) is 0 Å². The molecule has 2 aromatic rings. The second-order valence-electron chi connectivity index (χ2n) is 3.98. The lowest BCUT2D eigenvalue weighted by atomic mass is 10.2. The Labute approximate surface area is 114 Å². The molecule has 2 aromatic carbocycles. The highest BCUT2D eigenvalue weighted by Crippen LogP contribution is 2.35. The number of nitrogen functional groups attached to an aromatic ring is 1. The van der Waals surface area contributed by atoms with Crippen molar-refractivity contribution in [2.24, 2.45) is 5.73 Å². The average molecular weight is 276 g/mol. The van der Waals surface area contributed by atoms with Gasteiger partial charge >= 0.3 is 0 Å². The molecule has 0 unspecified atom stereocenters. The minimum atomic E-state index is -0.583. The molecule has 20 heavy (non-hydrogen) atoms. The van der Waals surface area contributed by atoms with Crippen LogP contribution in [0.2, 0.25) is 0 Å². The van der Waals surface area contributed by atoms with Crippen LogP contribution in [0.5, 0.6) is 17.2 Å². The first kappa shape index (κ1) is 13.7. The number of methoxy groups -OCH3 is 1. The Bertz CT molecular complexity index is 659. The zero-order chi connectivity index (χ0) is 14.7. The van der Waals surface area contributed by atoms with Crippen molar-refractivity contribution in [3.8, 4) is 17.2 Å². The molecule has 0 saturated heterocycles. The molecule has 5 nitrogen and oxygen atoms in total. The molecule has 0 aliphatic carbocycles. The predicted octanol–water partition coefficient (Wildman–Crippen LogP) is 2.31. The van der Waals surface area contributed by atoms with E-state index in [-0.39, 0.29) is 17.0 Å². The molecule has 4 N–H and O–H groups in total. The van der Waals surface area contributed by atoms with Gasteiger partial charge < -0.3 is 20.9 Å². The van der Waals surface area contributed by atoms with Gasteiger partial charge in [0, 0.05) is 5.56 Å². The summed E-state index contributed by atoms with van der Waals surface area (Å²) >= 11 is 0. The predicted molar refractivity (Wildman–Crippen MR) is 72.4 cm³/mol. The fourth-order valence-corrected chi connectivity index (χ4v) is 1.63. The first-order chi connectivity index (χ1) is 9.52. The number of hydrogen-bond donors (Lipinski definition) is 2. The Hall–Kier alpha value is -2.76. The molecular formula is C14H13FN2O3. The smallest absolute Gasteiger partial charge is 0.248 e. The molecule has 0 aromatic heterocycles. The Morgan fingerprint density at radius 3 is 2.55 bits per heavy atom. The van der Waals surface area contributed by atoms with Crippen molar-refractivity contribution in [3.05, 3.63) is 47.8 Å². The number of carbonyl (C=O) groups excluding carboxylic acids is 1. The monoisotopic (exact) mass is 276 g/mol. The van der Waals surface area contributed by atoms with Gasteiger partial charge in [0.2, 0.25) is 5.91 Å². The summed E-state index contributed by atoms with van der Waals surface area (Å²) in [7, 11) is 1.42. The molecule has 0 bridgehead atoms. The third-order valence-corrected chi connectivity index (χ3v) is 2.68. The summed E-state index contributed by atoms with van der Waals surface area (Å²) in [5, 5.41) is 0. The first-order valence-electron chi connectivity index (χ1n) is 5.72. The lowest BCUT2D eigenvalue weighted by molar-refractivity contribution is 0.1000. The standard InChI is InChI=1S/C14H13FN2O3/c1-19-12-7-8(14(17)18)5-6-10(12)20-11-4-2-3-9(15)13(11)16/h2-7H,16H2,1H3,(H2,17,18). The third kappa shape index (κ3) is 2.64. The second kappa shape index (κ2) is 5.48. The average Bonchev–Trinajstić information content (AvgIpc) is 2.44. The summed E-state index contributed by atoms with van der Waals surface area (Å²) in [6, 6.07) is 8.66. The number of anilines is 1. The van der Waals surface area contributed by atoms with E-state index in [1.807, 2.05) is 0 Å². The van der Waals surface area contributed by atoms with Crippen LogP contribution in [-0.2, 0) is 0 Å². The zero-order valence-electron chi connectivity index (χ0n) is 10.7. The van der Waals surface area contributed by atoms with E-state index in [1.54, 1.807) is 0 Å². The molecule has 2 rings (SSSR count). The Morgan fingerprint density at radius 1 is 1.15 bits per heavy atom. The van der Waals surface area contributed by atoms with E-state index in [1.165, 1.54) is 43.5 Å². The van der Waals surface area contributed by atoms with E-state index in [0.29, 0.717) is 11.5 Å². The van der Waals surface area contributed by atoms with E-state index in [4.69, 9.17) is 20.9 Å². The number of amides is 1. The largest absolute Gasteiger partial charge is 0.493 e. The third-order valence-electron chi connectivity index (χ3n) is 2.68. The number of primary amides is 1. The highest BCUT2D eigenvalue weighted by molar-refractivity contribution is 5.93. The fourth-order valence-electron chi connectivity index (χ4n) is 1.63. The summed E-state index contributed by atoms with van der Waals surface area (Å²) in [4.78, 5) is 11.1. The van der Waals surface area contributed by atoms with Crippen molar-refractivity contribution in [1.82, 2.24) is 0 Å². The van der Waals surface area contributed by atoms with Crippen LogP contribution in [0.25, 0.3) is 0 Å². The molecule has 0 spiro atoms. The van der Waals surface area contributed by atoms with Crippen molar-refractivity contribution < 1.29 is 18.7 Å². The van der Waals surface area contributed by atoms with Gasteiger partial charge in [0.25, 0.3) is 0 Å². The van der Waals surface area contributed by atoms with Gasteiger partial charge in [0.15, 0.2) is 17.2 Å². The summed E-state index contributed by atoms with van der Waals surface area (Å²) in [6.45, 7) is 0. The lowest BCUT2D eigenvalue weighted by Crippen LogP contribution is -2.10. The minimum absolute atomic E-state index is 0.103. The normalized spacial score (nSPS) is 10.1. The molecule has 0 fully saturated rings. The molecule has 0 aliphatic heterocycles. The van der Waals surface area contributed by atoms with Crippen LogP contribution in [0, 0.1) is 5.82 Å². The van der Waals surface area contributed by atoms with Crippen LogP contribution in [-0.4, -0.2) is 13.0 Å². The summed E-state index contributed by atoms with van der Waals surface area (Å²) < 4.78 is 24.0. The van der Waals surface area contributed by atoms with E-state index < -0.39 is 11.7 Å². The summed E-state index contributed by atoms with van der Waals surface area (Å²) in [5.74, 6) is -0.398. The number of halogens is 1. The SMILES string of the molecule is COc1cc(C(N)=O)ccc1Oc1cccc(F)c1N. The lowest BCUT2D eigenvalue weighted by Gasteiger charge is -2.12. The van der Waals surface area contributed by atoms with Gasteiger partial charge in [-0.3, -0.25) is 4.79 Å². The quantitative estimate of drug-likeness (QED) is 0.839. The van der Waals surface area contributed by atoms with Crippen molar-refractivity contribution in [2.45, 2.75) is 0 Å². The summed E-state index contributed by atoms with van der Waals surface area (Å²) in [5.41, 5.74) is 10.9. The fraction of sp³-hybridized carbons (Fsp3) is 0.0714. The van der Waals surface area contributed by atoms with Gasteiger partial charge in [0.1, 0.15) is 11.5 Å². The van der Waals surface area contributed by atoms with Crippen LogP contribution in [0.15, 0.2) is 36.4 Å². The Kier molecular flexibility index (Phi) is 3.74. The number of para-hydroxylation sites is 1. The second-order valence-corrected chi connectivity index (χ2v) is 3.98. The van der Waals surface area contributed by atoms with Gasteiger partial charge in [0.05, 0.1) is 7.11 Å². The van der Waals surface area contributed by atoms with Crippen molar-refractivity contribution in [2.75, 3.05) is 12.8 Å². The first-order valence-corrected chi connectivity index (χ1v) is 5.72. The van der Waals surface area contributed by atoms with Crippen LogP contribution in [0.4, 0.5) is 10.1 Å². The highest BCUT2D eigenvalue weighted by atomic mass is 19.1. The number of hydrogen-bond acceptors (Lipinski definition) is 4. The van der Waals surface area contributed by atoms with E-state index in [9.17, 15) is 9.18 Å². The van der Waals surface area contributed by atoms with Gasteiger partial charge in [-0.05, 0) is 30.3 Å². The molecule has 0 saturated carbocycles. The van der Waals surface area contributed by atoms with Crippen molar-refractivity contribution >= 4 is 11.6 Å². The maximum Gasteiger partial charge on any atom is 0.248 e. The minimum Gasteiger partial charge on any atom is -0.493 e. The van der Waals surface area contributed by atoms with Gasteiger partial charge in [-0.1, -0.05) is 6.07 Å². The van der Waals surface area contributed by atoms with Gasteiger partial charge in [-0.2, -0.15) is 0 Å². The maximum atomic E-state index is 13.3. The number of carbonyl (C=O) groups is 1. The Morgan fingerprint density at radius 2 is 1.90 bits per heavy atom. The number of rotatable bonds is 4. The molecule has 0 heterocycles. The molecular weight excluding hydrogens is 263 g/mol. The number of ether oxygens (including phenoxy) is 2. The Balaban J connectivity index is 2.38. The zero-order valence-corrected chi connectivity index (χ0v) is 10.7. The molecule has 0 atom stereocenters. The number of benzene rings is 2. The van der Waals surface area contributed by atoms with Crippen LogP contribution in [0.3, 0.4) is 0 Å². The van der Waals surface area contributed by atoms with E-state index in [0.717, 1.165) is 0 Å². The van der Waals surface area contributed by atoms with Crippen LogP contribution >= 0.6 is 0 Å². The molecule has 0 aliphatic rings. The van der Waals surface area contributed by atoms with Crippen LogP contribution in [0.1, 0.15) is 10.4 Å². The maximum absolute atomic E-state index is 13.3. The molecule has 1 amide bonds. The highest BCUT2D eigenvalue weighted by Gasteiger charge is 2.12.